The van der Waals surface area contributed by atoms with Gasteiger partial charge in [-0.15, -0.1) is 0 Å². The summed E-state index contributed by atoms with van der Waals surface area (Å²) < 4.78 is 0. The Bertz CT molecular complexity index is 238. The van der Waals surface area contributed by atoms with Crippen LogP contribution >= 0.6 is 0 Å². The van der Waals surface area contributed by atoms with Gasteiger partial charge in [0.05, 0.1) is 6.42 Å². The van der Waals surface area contributed by atoms with Crippen LogP contribution in [0.4, 0.5) is 0 Å². The molecule has 1 saturated heterocycles. The molecule has 1 rings (SSSR count). The molecule has 1 heterocycles. The molecule has 1 aliphatic rings. The molecular weight excluding hydrogens is 202 g/mol. The van der Waals surface area contributed by atoms with Gasteiger partial charge in [0.2, 0.25) is 5.91 Å². The van der Waals surface area contributed by atoms with Crippen molar-refractivity contribution in [1.29, 1.82) is 0 Å². The summed E-state index contributed by atoms with van der Waals surface area (Å²) in [5, 5.41) is 0. The first kappa shape index (κ1) is 13.2. The number of Topliss-reactive ketones (excluding diaryl/α,β-unsaturated/α-hetero) is 1. The van der Waals surface area contributed by atoms with Crippen molar-refractivity contribution in [2.45, 2.75) is 58.3 Å². The van der Waals surface area contributed by atoms with E-state index in [4.69, 9.17) is 0 Å². The first-order valence-electron chi connectivity index (χ1n) is 6.53. The molecule has 1 amide bonds. The number of hydrogen-bond acceptors (Lipinski definition) is 2. The van der Waals surface area contributed by atoms with Crippen LogP contribution in [-0.4, -0.2) is 29.7 Å². The number of piperidine rings is 1. The lowest BCUT2D eigenvalue weighted by Gasteiger charge is -2.25. The predicted molar refractivity (Wildman–Crippen MR) is 64.2 cm³/mol. The largest absolute Gasteiger partial charge is 0.342 e. The van der Waals surface area contributed by atoms with E-state index in [9.17, 15) is 9.59 Å². The Morgan fingerprint density at radius 2 is 1.75 bits per heavy atom. The number of hydrogen-bond donors (Lipinski definition) is 0. The Morgan fingerprint density at radius 1 is 1.06 bits per heavy atom. The minimum absolute atomic E-state index is 0.0322. The van der Waals surface area contributed by atoms with Crippen molar-refractivity contribution in [2.24, 2.45) is 0 Å². The maximum Gasteiger partial charge on any atom is 0.230 e. The molecule has 0 spiro atoms. The second-order valence-corrected chi connectivity index (χ2v) is 4.61. The Morgan fingerprint density at radius 3 is 2.44 bits per heavy atom. The van der Waals surface area contributed by atoms with E-state index in [1.54, 1.807) is 0 Å². The number of amides is 1. The number of ketones is 1. The van der Waals surface area contributed by atoms with Crippen molar-refractivity contribution < 1.29 is 9.59 Å². The van der Waals surface area contributed by atoms with Crippen molar-refractivity contribution in [1.82, 2.24) is 4.90 Å². The molecule has 3 heteroatoms. The van der Waals surface area contributed by atoms with Gasteiger partial charge in [0, 0.05) is 19.5 Å². The molecule has 0 radical (unpaired) electrons. The maximum absolute atomic E-state index is 11.5. The van der Waals surface area contributed by atoms with Crippen molar-refractivity contribution >= 4 is 11.7 Å². The average molecular weight is 225 g/mol. The number of nitrogens with zero attached hydrogens (tertiary/aromatic N) is 1. The van der Waals surface area contributed by atoms with Crippen LogP contribution < -0.4 is 0 Å². The predicted octanol–water partition coefficient (Wildman–Crippen LogP) is 2.54. The van der Waals surface area contributed by atoms with E-state index in [1.807, 2.05) is 4.90 Å². The van der Waals surface area contributed by atoms with Crippen molar-refractivity contribution in [3.63, 3.8) is 0 Å². The van der Waals surface area contributed by atoms with Gasteiger partial charge in [-0.05, 0) is 6.42 Å². The van der Waals surface area contributed by atoms with Gasteiger partial charge in [-0.3, -0.25) is 9.59 Å². The molecule has 1 aliphatic heterocycles. The summed E-state index contributed by atoms with van der Waals surface area (Å²) in [6.45, 7) is 3.70. The zero-order chi connectivity index (χ0) is 11.8. The molecule has 0 N–H and O–H groups in total. The fraction of sp³-hybridized carbons (Fsp3) is 0.846. The normalized spacial score (nSPS) is 16.9. The van der Waals surface area contributed by atoms with Crippen LogP contribution in [-0.2, 0) is 9.59 Å². The van der Waals surface area contributed by atoms with Gasteiger partial charge < -0.3 is 4.90 Å². The molecule has 0 aromatic carbocycles. The lowest BCUT2D eigenvalue weighted by molar-refractivity contribution is -0.139. The highest BCUT2D eigenvalue weighted by atomic mass is 16.2. The Hall–Kier alpha value is -0.860. The van der Waals surface area contributed by atoms with E-state index in [-0.39, 0.29) is 18.1 Å². The molecule has 0 aromatic rings. The van der Waals surface area contributed by atoms with E-state index >= 15 is 0 Å². The summed E-state index contributed by atoms with van der Waals surface area (Å²) in [5.41, 5.74) is 0. The fourth-order valence-electron chi connectivity index (χ4n) is 2.07. The molecule has 0 atom stereocenters. The molecule has 0 saturated carbocycles. The van der Waals surface area contributed by atoms with Gasteiger partial charge in [0.25, 0.3) is 0 Å². The number of unbranched alkanes of at least 4 members (excludes halogenated alkanes) is 5. The quantitative estimate of drug-likeness (QED) is 0.493. The van der Waals surface area contributed by atoms with Crippen molar-refractivity contribution in [3.8, 4) is 0 Å². The first-order chi connectivity index (χ1) is 7.74. The third kappa shape index (κ3) is 4.77. The molecule has 3 nitrogen and oxygen atoms in total. The summed E-state index contributed by atoms with van der Waals surface area (Å²) in [6.07, 6.45) is 8.15. The van der Waals surface area contributed by atoms with Gasteiger partial charge in [-0.2, -0.15) is 0 Å². The summed E-state index contributed by atoms with van der Waals surface area (Å²) in [6, 6.07) is 0. The second-order valence-electron chi connectivity index (χ2n) is 4.61. The van der Waals surface area contributed by atoms with Crippen LogP contribution in [0.5, 0.6) is 0 Å². The molecule has 0 bridgehead atoms. The lowest BCUT2D eigenvalue weighted by atomic mass is 10.1. The summed E-state index contributed by atoms with van der Waals surface area (Å²) >= 11 is 0. The first-order valence-corrected chi connectivity index (χ1v) is 6.53. The lowest BCUT2D eigenvalue weighted by Crippen LogP contribution is -2.39. The Balaban J connectivity index is 2.04. The summed E-state index contributed by atoms with van der Waals surface area (Å²) in [5.74, 6) is 0.133. The van der Waals surface area contributed by atoms with Gasteiger partial charge in [0.1, 0.15) is 5.78 Å². The standard InChI is InChI=1S/C13H23NO2/c1-2-3-4-5-6-7-9-14-10-8-12(15)11-13(14)16/h2-11H2,1H3. The third-order valence-electron chi connectivity index (χ3n) is 3.14. The van der Waals surface area contributed by atoms with Crippen LogP contribution in [0.1, 0.15) is 58.3 Å². The monoisotopic (exact) mass is 225 g/mol. The maximum atomic E-state index is 11.5. The van der Waals surface area contributed by atoms with Gasteiger partial charge in [-0.1, -0.05) is 39.0 Å². The smallest absolute Gasteiger partial charge is 0.230 e. The summed E-state index contributed by atoms with van der Waals surface area (Å²) in [4.78, 5) is 24.3. The van der Waals surface area contributed by atoms with Crippen molar-refractivity contribution in [2.75, 3.05) is 13.1 Å². The van der Waals surface area contributed by atoms with E-state index in [0.717, 1.165) is 13.0 Å². The number of carbonyl (C=O) groups is 2. The number of rotatable bonds is 7. The van der Waals surface area contributed by atoms with Crippen molar-refractivity contribution in [3.05, 3.63) is 0 Å². The highest BCUT2D eigenvalue weighted by Gasteiger charge is 2.22. The van der Waals surface area contributed by atoms with Crippen LogP contribution in [0.2, 0.25) is 0 Å². The van der Waals surface area contributed by atoms with E-state index in [1.165, 1.54) is 32.1 Å². The topological polar surface area (TPSA) is 37.4 Å². The number of carbonyl (C=O) groups excluding carboxylic acids is 2. The molecule has 16 heavy (non-hydrogen) atoms. The average Bonchev–Trinajstić information content (AvgIpc) is 2.26. The van der Waals surface area contributed by atoms with Crippen LogP contribution in [0.25, 0.3) is 0 Å². The third-order valence-corrected chi connectivity index (χ3v) is 3.14. The van der Waals surface area contributed by atoms with Crippen LogP contribution in [0.15, 0.2) is 0 Å². The molecular formula is C13H23NO2. The van der Waals surface area contributed by atoms with E-state index in [2.05, 4.69) is 6.92 Å². The summed E-state index contributed by atoms with van der Waals surface area (Å²) in [7, 11) is 0. The van der Waals surface area contributed by atoms with E-state index < -0.39 is 0 Å². The van der Waals surface area contributed by atoms with Gasteiger partial charge in [0.15, 0.2) is 0 Å². The van der Waals surface area contributed by atoms with Crippen LogP contribution in [0, 0.1) is 0 Å². The second kappa shape index (κ2) is 7.42. The van der Waals surface area contributed by atoms with Crippen LogP contribution in [0.3, 0.4) is 0 Å². The number of likely N-dealkylation sites (tertiary alicyclic amines) is 1. The fourth-order valence-corrected chi connectivity index (χ4v) is 2.07. The molecule has 1 fully saturated rings. The minimum Gasteiger partial charge on any atom is -0.342 e. The Kier molecular flexibility index (Phi) is 6.12. The molecule has 0 unspecified atom stereocenters. The minimum atomic E-state index is 0.0322. The highest BCUT2D eigenvalue weighted by Crippen LogP contribution is 2.10. The zero-order valence-corrected chi connectivity index (χ0v) is 10.3. The van der Waals surface area contributed by atoms with E-state index in [0.29, 0.717) is 13.0 Å². The Labute approximate surface area is 98.2 Å². The molecule has 92 valence electrons. The SMILES string of the molecule is CCCCCCCCN1CCC(=O)CC1=O. The highest BCUT2D eigenvalue weighted by molar-refractivity contribution is 6.00. The molecule has 0 aliphatic carbocycles. The van der Waals surface area contributed by atoms with Gasteiger partial charge in [-0.25, -0.2) is 0 Å². The van der Waals surface area contributed by atoms with Gasteiger partial charge >= 0.3 is 0 Å². The molecule has 0 aromatic heterocycles. The zero-order valence-electron chi connectivity index (χ0n) is 10.3.